The van der Waals surface area contributed by atoms with E-state index in [4.69, 9.17) is 31.5 Å². The van der Waals surface area contributed by atoms with Crippen molar-refractivity contribution in [2.75, 3.05) is 34.2 Å². The molecule has 0 aromatic carbocycles. The van der Waals surface area contributed by atoms with Crippen molar-refractivity contribution in [3.8, 4) is 0 Å². The van der Waals surface area contributed by atoms with Gasteiger partial charge in [-0.2, -0.15) is 0 Å². The first kappa shape index (κ1) is 11.4. The van der Waals surface area contributed by atoms with E-state index in [0.717, 1.165) is 0 Å². The minimum Gasteiger partial charge on any atom is -0.381 e. The van der Waals surface area contributed by atoms with Crippen LogP contribution in [0.1, 0.15) is 0 Å². The average Bonchev–Trinajstić information content (AvgIpc) is 2.35. The Bertz CT molecular complexity index is 227. The fourth-order valence-corrected chi connectivity index (χ4v) is 2.27. The van der Waals surface area contributed by atoms with Crippen molar-refractivity contribution in [2.24, 2.45) is 0 Å². The van der Waals surface area contributed by atoms with E-state index in [1.165, 1.54) is 0 Å². The molecule has 5 nitrogen and oxygen atoms in total. The fraction of sp³-hybridized carbons (Fsp3) is 1.00. The summed E-state index contributed by atoms with van der Waals surface area (Å²) in [5, 5.41) is 0. The molecule has 2 saturated heterocycles. The van der Waals surface area contributed by atoms with Crippen molar-refractivity contribution in [3.05, 3.63) is 0 Å². The highest BCUT2D eigenvalue weighted by atomic mass is 16.7. The molecule has 0 spiro atoms. The first-order valence-electron chi connectivity index (χ1n) is 4.88. The molecule has 1 unspecified atom stereocenters. The number of hydrogen-bond acceptors (Lipinski definition) is 5. The molecule has 2 aliphatic rings. The Kier molecular flexibility index (Phi) is 3.32. The molecule has 84 valence electrons. The van der Waals surface area contributed by atoms with E-state index < -0.39 is 11.6 Å². The van der Waals surface area contributed by atoms with Gasteiger partial charge in [-0.25, -0.2) is 0 Å². The van der Waals surface area contributed by atoms with Crippen molar-refractivity contribution in [3.63, 3.8) is 0 Å². The quantitative estimate of drug-likeness (QED) is 0.580. The number of ether oxygens (including phenoxy) is 5. The lowest BCUT2D eigenvalue weighted by atomic mass is 9.89. The van der Waals surface area contributed by atoms with E-state index in [2.05, 4.69) is 0 Å². The van der Waals surface area contributed by atoms with Gasteiger partial charge in [0.25, 0.3) is 0 Å². The van der Waals surface area contributed by atoms with Crippen molar-refractivity contribution >= 4 is 7.85 Å². The summed E-state index contributed by atoms with van der Waals surface area (Å²) in [6, 6.07) is -0.492. The summed E-state index contributed by atoms with van der Waals surface area (Å²) in [5.74, 6) is 0. The zero-order valence-corrected chi connectivity index (χ0v) is 8.97. The maximum atomic E-state index is 5.83. The molecule has 0 aromatic heterocycles. The molecule has 2 aliphatic heterocycles. The van der Waals surface area contributed by atoms with Gasteiger partial charge in [-0.05, 0) is 0 Å². The number of methoxy groups -OCH3 is 2. The highest BCUT2D eigenvalue weighted by Crippen LogP contribution is 2.36. The summed E-state index contributed by atoms with van der Waals surface area (Å²) in [7, 11) is 9.05. The van der Waals surface area contributed by atoms with Crippen LogP contribution in [0.15, 0.2) is 0 Å². The van der Waals surface area contributed by atoms with Gasteiger partial charge in [0.1, 0.15) is 32.4 Å². The van der Waals surface area contributed by atoms with Crippen molar-refractivity contribution in [2.45, 2.75) is 23.8 Å². The van der Waals surface area contributed by atoms with Crippen molar-refractivity contribution in [1.29, 1.82) is 0 Å². The zero-order valence-electron chi connectivity index (χ0n) is 8.97. The van der Waals surface area contributed by atoms with Crippen LogP contribution in [0.4, 0.5) is 0 Å². The van der Waals surface area contributed by atoms with Crippen molar-refractivity contribution in [1.82, 2.24) is 0 Å². The van der Waals surface area contributed by atoms with Gasteiger partial charge in [-0.3, -0.25) is 0 Å². The molecule has 6 heteroatoms. The Morgan fingerprint density at radius 1 is 1.47 bits per heavy atom. The highest BCUT2D eigenvalue weighted by molar-refractivity contribution is 6.11. The molecular weight excluding hydrogens is 199 g/mol. The third-order valence-corrected chi connectivity index (χ3v) is 2.84. The second kappa shape index (κ2) is 4.39. The lowest BCUT2D eigenvalue weighted by molar-refractivity contribution is -0.167. The summed E-state index contributed by atoms with van der Waals surface area (Å²) >= 11 is 0. The lowest BCUT2D eigenvalue weighted by Crippen LogP contribution is -2.50. The number of rotatable bonds is 3. The molecule has 2 rings (SSSR count). The van der Waals surface area contributed by atoms with Gasteiger partial charge >= 0.3 is 0 Å². The lowest BCUT2D eigenvalue weighted by Gasteiger charge is -2.31. The van der Waals surface area contributed by atoms with Gasteiger partial charge < -0.3 is 23.7 Å². The average molecular weight is 214 g/mol. The van der Waals surface area contributed by atoms with Crippen LogP contribution in [0.25, 0.3) is 0 Å². The predicted molar refractivity (Wildman–Crippen MR) is 51.7 cm³/mol. The molecule has 0 N–H and O–H groups in total. The Morgan fingerprint density at radius 2 is 2.27 bits per heavy atom. The SMILES string of the molecule is [B][C@@H]1O[C@@]2(COC)COCO[C@H]1C2OC. The van der Waals surface area contributed by atoms with Crippen LogP contribution in [0, 0.1) is 0 Å². The third-order valence-electron chi connectivity index (χ3n) is 2.84. The fourth-order valence-electron chi connectivity index (χ4n) is 2.27. The summed E-state index contributed by atoms with van der Waals surface area (Å²) in [4.78, 5) is 0. The Hall–Kier alpha value is -0.135. The standard InChI is InChI=1S/C9H15BO5/c1-11-3-9-4-13-5-14-6(7(9)12-2)8(10)15-9/h6-8H,3-5H2,1-2H3/t6-,7?,8+,9-/m0/s1. The van der Waals surface area contributed by atoms with Crippen LogP contribution in [0.5, 0.6) is 0 Å². The van der Waals surface area contributed by atoms with Gasteiger partial charge in [0.2, 0.25) is 0 Å². The maximum Gasteiger partial charge on any atom is 0.147 e. The van der Waals surface area contributed by atoms with E-state index in [-0.39, 0.29) is 19.0 Å². The van der Waals surface area contributed by atoms with Gasteiger partial charge in [-0.15, -0.1) is 0 Å². The highest BCUT2D eigenvalue weighted by Gasteiger charge is 2.56. The molecule has 15 heavy (non-hydrogen) atoms. The topological polar surface area (TPSA) is 46.2 Å². The van der Waals surface area contributed by atoms with Gasteiger partial charge in [0, 0.05) is 20.2 Å². The normalized spacial score (nSPS) is 45.3. The monoisotopic (exact) mass is 214 g/mol. The Balaban J connectivity index is 2.23. The van der Waals surface area contributed by atoms with Gasteiger partial charge in [0.15, 0.2) is 0 Å². The second-order valence-electron chi connectivity index (χ2n) is 3.83. The summed E-state index contributed by atoms with van der Waals surface area (Å²) in [5.41, 5.74) is -0.649. The Labute approximate surface area is 90.4 Å². The van der Waals surface area contributed by atoms with Crippen LogP contribution in [-0.4, -0.2) is 65.9 Å². The van der Waals surface area contributed by atoms with Crippen LogP contribution in [-0.2, 0) is 23.7 Å². The predicted octanol–water partition coefficient (Wildman–Crippen LogP) is -0.716. The van der Waals surface area contributed by atoms with Gasteiger partial charge in [-0.1, -0.05) is 0 Å². The number of fused-ring (bicyclic) bond motifs is 2. The van der Waals surface area contributed by atoms with E-state index in [1.807, 2.05) is 0 Å². The van der Waals surface area contributed by atoms with E-state index in [0.29, 0.717) is 13.2 Å². The number of hydrogen-bond donors (Lipinski definition) is 0. The minimum absolute atomic E-state index is 0.215. The van der Waals surface area contributed by atoms with Crippen LogP contribution < -0.4 is 0 Å². The molecule has 0 amide bonds. The minimum atomic E-state index is -0.649. The van der Waals surface area contributed by atoms with Crippen molar-refractivity contribution < 1.29 is 23.7 Å². The summed E-state index contributed by atoms with van der Waals surface area (Å²) in [6.45, 7) is 0.954. The molecule has 0 aliphatic carbocycles. The summed E-state index contributed by atoms with van der Waals surface area (Å²) < 4.78 is 26.9. The smallest absolute Gasteiger partial charge is 0.147 e. The van der Waals surface area contributed by atoms with E-state index >= 15 is 0 Å². The molecule has 2 heterocycles. The molecule has 2 fully saturated rings. The van der Waals surface area contributed by atoms with Gasteiger partial charge in [0.05, 0.1) is 13.2 Å². The largest absolute Gasteiger partial charge is 0.381 e. The van der Waals surface area contributed by atoms with E-state index in [1.54, 1.807) is 14.2 Å². The second-order valence-corrected chi connectivity index (χ2v) is 3.83. The molecule has 0 aromatic rings. The van der Waals surface area contributed by atoms with Crippen LogP contribution in [0.2, 0.25) is 0 Å². The molecule has 0 saturated carbocycles. The first-order valence-corrected chi connectivity index (χ1v) is 4.88. The van der Waals surface area contributed by atoms with Crippen LogP contribution >= 0.6 is 0 Å². The third kappa shape index (κ3) is 1.81. The Morgan fingerprint density at radius 3 is 2.93 bits per heavy atom. The zero-order chi connectivity index (χ0) is 10.9. The molecular formula is C9H15BO5. The van der Waals surface area contributed by atoms with Crippen LogP contribution in [0.3, 0.4) is 0 Å². The molecule has 4 atom stereocenters. The summed E-state index contributed by atoms with van der Waals surface area (Å²) in [6.07, 6.45) is -0.553. The van der Waals surface area contributed by atoms with E-state index in [9.17, 15) is 0 Å². The first-order chi connectivity index (χ1) is 7.23. The maximum absolute atomic E-state index is 5.83. The molecule has 2 bridgehead atoms. The molecule has 2 radical (unpaired) electrons.